The Bertz CT molecular complexity index is 503. The molecule has 0 aromatic heterocycles. The molecule has 1 aromatic carbocycles. The lowest BCUT2D eigenvalue weighted by Gasteiger charge is -2.47. The van der Waals surface area contributed by atoms with Gasteiger partial charge in [0.15, 0.2) is 0 Å². The molecule has 1 aliphatic rings. The van der Waals surface area contributed by atoms with Crippen molar-refractivity contribution < 1.29 is 14.7 Å². The maximum Gasteiger partial charge on any atom is 0.329 e. The molecule has 1 amide bonds. The lowest BCUT2D eigenvalue weighted by Crippen LogP contribution is -2.65. The third-order valence-electron chi connectivity index (χ3n) is 3.48. The first-order valence-electron chi connectivity index (χ1n) is 5.72. The third-order valence-corrected chi connectivity index (χ3v) is 3.85. The summed E-state index contributed by atoms with van der Waals surface area (Å²) in [4.78, 5) is 24.6. The number of nitrogens with zero attached hydrogens (tertiary/aromatic N) is 1. The molecule has 4 nitrogen and oxygen atoms in total. The highest BCUT2D eigenvalue weighted by atomic mass is 35.5. The van der Waals surface area contributed by atoms with E-state index in [0.29, 0.717) is 18.0 Å². The van der Waals surface area contributed by atoms with Crippen LogP contribution in [0.3, 0.4) is 0 Å². The Morgan fingerprint density at radius 2 is 2.11 bits per heavy atom. The maximum absolute atomic E-state index is 12.1. The molecule has 1 aromatic rings. The minimum absolute atomic E-state index is 0.141. The molecule has 5 heteroatoms. The summed E-state index contributed by atoms with van der Waals surface area (Å²) in [5, 5.41) is 9.64. The van der Waals surface area contributed by atoms with E-state index in [2.05, 4.69) is 0 Å². The molecular formula is C13H14ClNO3. The summed E-state index contributed by atoms with van der Waals surface area (Å²) in [6, 6.07) is 7.09. The van der Waals surface area contributed by atoms with E-state index in [0.717, 1.165) is 5.56 Å². The summed E-state index contributed by atoms with van der Waals surface area (Å²) in [5.41, 5.74) is -0.331. The van der Waals surface area contributed by atoms with Crippen molar-refractivity contribution in [3.8, 4) is 0 Å². The molecule has 0 bridgehead atoms. The number of carbonyl (C=O) groups excluding carboxylic acids is 1. The monoisotopic (exact) mass is 267 g/mol. The van der Waals surface area contributed by atoms with Crippen molar-refractivity contribution >= 4 is 23.5 Å². The third kappa shape index (κ3) is 2.08. The minimum Gasteiger partial charge on any atom is -0.480 e. The van der Waals surface area contributed by atoms with Crippen LogP contribution in [0.5, 0.6) is 0 Å². The van der Waals surface area contributed by atoms with Crippen molar-refractivity contribution in [1.82, 2.24) is 4.90 Å². The van der Waals surface area contributed by atoms with Crippen LogP contribution in [0.25, 0.3) is 0 Å². The molecule has 18 heavy (non-hydrogen) atoms. The van der Waals surface area contributed by atoms with Gasteiger partial charge in [-0.2, -0.15) is 0 Å². The van der Waals surface area contributed by atoms with E-state index < -0.39 is 11.5 Å². The number of carbonyl (C=O) groups is 2. The number of hydrogen-bond acceptors (Lipinski definition) is 2. The van der Waals surface area contributed by atoms with Crippen molar-refractivity contribution in [3.63, 3.8) is 0 Å². The molecule has 1 aliphatic heterocycles. The molecule has 0 radical (unpaired) electrons. The zero-order valence-corrected chi connectivity index (χ0v) is 10.8. The zero-order valence-electron chi connectivity index (χ0n) is 10.0. The van der Waals surface area contributed by atoms with Crippen LogP contribution >= 0.6 is 11.6 Å². The van der Waals surface area contributed by atoms with E-state index in [1.54, 1.807) is 31.2 Å². The van der Waals surface area contributed by atoms with Gasteiger partial charge in [0.25, 0.3) is 0 Å². The highest BCUT2D eigenvalue weighted by Crippen LogP contribution is 2.31. The first kappa shape index (κ1) is 12.9. The fourth-order valence-electron chi connectivity index (χ4n) is 2.08. The number of benzene rings is 1. The Labute approximate surface area is 110 Å². The van der Waals surface area contributed by atoms with Crippen LogP contribution in [0.4, 0.5) is 0 Å². The second-order valence-corrected chi connectivity index (χ2v) is 5.05. The summed E-state index contributed by atoms with van der Waals surface area (Å²) in [7, 11) is 0. The van der Waals surface area contributed by atoms with E-state index in [-0.39, 0.29) is 12.3 Å². The van der Waals surface area contributed by atoms with Crippen LogP contribution in [0, 0.1) is 0 Å². The van der Waals surface area contributed by atoms with Gasteiger partial charge in [0.2, 0.25) is 5.91 Å². The summed E-state index contributed by atoms with van der Waals surface area (Å²) in [6.45, 7) is 2.06. The van der Waals surface area contributed by atoms with E-state index >= 15 is 0 Å². The van der Waals surface area contributed by atoms with Crippen LogP contribution < -0.4 is 0 Å². The van der Waals surface area contributed by atoms with E-state index in [9.17, 15) is 9.59 Å². The molecule has 1 heterocycles. The Morgan fingerprint density at radius 3 is 2.61 bits per heavy atom. The smallest absolute Gasteiger partial charge is 0.329 e. The SMILES string of the molecule is CC1(C(=O)O)CCN1C(=O)Cc1ccccc1Cl. The lowest BCUT2D eigenvalue weighted by atomic mass is 9.86. The van der Waals surface area contributed by atoms with Crippen molar-refractivity contribution in [2.24, 2.45) is 0 Å². The molecule has 2 rings (SSSR count). The van der Waals surface area contributed by atoms with Crippen molar-refractivity contribution in [2.45, 2.75) is 25.3 Å². The van der Waals surface area contributed by atoms with Gasteiger partial charge < -0.3 is 10.0 Å². The molecular weight excluding hydrogens is 254 g/mol. The fourth-order valence-corrected chi connectivity index (χ4v) is 2.28. The van der Waals surface area contributed by atoms with Gasteiger partial charge in [0.1, 0.15) is 5.54 Å². The number of carboxylic acids is 1. The Kier molecular flexibility index (Phi) is 3.30. The molecule has 1 atom stereocenters. The first-order valence-corrected chi connectivity index (χ1v) is 6.10. The molecule has 1 N–H and O–H groups in total. The summed E-state index contributed by atoms with van der Waals surface area (Å²) >= 11 is 5.98. The van der Waals surface area contributed by atoms with Gasteiger partial charge in [0.05, 0.1) is 6.42 Å². The van der Waals surface area contributed by atoms with Crippen LogP contribution in [0.1, 0.15) is 18.9 Å². The zero-order chi connectivity index (χ0) is 13.3. The number of amides is 1. The van der Waals surface area contributed by atoms with Gasteiger partial charge in [-0.15, -0.1) is 0 Å². The van der Waals surface area contributed by atoms with Crippen molar-refractivity contribution in [1.29, 1.82) is 0 Å². The quantitative estimate of drug-likeness (QED) is 0.911. The molecule has 1 fully saturated rings. The number of rotatable bonds is 3. The molecule has 0 aliphatic carbocycles. The number of halogens is 1. The minimum atomic E-state index is -1.06. The van der Waals surface area contributed by atoms with Crippen molar-refractivity contribution in [2.75, 3.05) is 6.54 Å². The Hall–Kier alpha value is -1.55. The summed E-state index contributed by atoms with van der Waals surface area (Å²) < 4.78 is 0. The summed E-state index contributed by atoms with van der Waals surface area (Å²) in [5.74, 6) is -1.15. The van der Waals surface area contributed by atoms with Gasteiger partial charge in [0, 0.05) is 11.6 Å². The van der Waals surface area contributed by atoms with E-state index in [1.165, 1.54) is 4.90 Å². The highest BCUT2D eigenvalue weighted by molar-refractivity contribution is 6.31. The molecule has 0 spiro atoms. The lowest BCUT2D eigenvalue weighted by molar-refractivity contribution is -0.168. The molecule has 96 valence electrons. The van der Waals surface area contributed by atoms with Crippen molar-refractivity contribution in [3.05, 3.63) is 34.9 Å². The molecule has 0 saturated carbocycles. The fraction of sp³-hybridized carbons (Fsp3) is 0.385. The van der Waals surface area contributed by atoms with Crippen LogP contribution in [0.2, 0.25) is 5.02 Å². The van der Waals surface area contributed by atoms with Crippen LogP contribution in [-0.2, 0) is 16.0 Å². The molecule has 1 saturated heterocycles. The second-order valence-electron chi connectivity index (χ2n) is 4.64. The number of hydrogen-bond donors (Lipinski definition) is 1. The van der Waals surface area contributed by atoms with Crippen LogP contribution in [-0.4, -0.2) is 34.0 Å². The normalized spacial score (nSPS) is 22.4. The first-order chi connectivity index (χ1) is 8.45. The average molecular weight is 268 g/mol. The highest BCUT2D eigenvalue weighted by Gasteiger charge is 2.49. The summed E-state index contributed by atoms with van der Waals surface area (Å²) in [6.07, 6.45) is 0.638. The Morgan fingerprint density at radius 1 is 1.44 bits per heavy atom. The topological polar surface area (TPSA) is 57.6 Å². The number of likely N-dealkylation sites (tertiary alicyclic amines) is 1. The van der Waals surface area contributed by atoms with Gasteiger partial charge in [-0.25, -0.2) is 4.79 Å². The maximum atomic E-state index is 12.1. The van der Waals surface area contributed by atoms with Gasteiger partial charge in [-0.1, -0.05) is 29.8 Å². The number of aliphatic carboxylic acids is 1. The van der Waals surface area contributed by atoms with E-state index in [1.807, 2.05) is 0 Å². The van der Waals surface area contributed by atoms with Crippen LogP contribution in [0.15, 0.2) is 24.3 Å². The standard InChI is InChI=1S/C13H14ClNO3/c1-13(12(17)18)6-7-15(13)11(16)8-9-4-2-3-5-10(9)14/h2-5H,6-8H2,1H3,(H,17,18). The molecule has 1 unspecified atom stereocenters. The van der Waals surface area contributed by atoms with Gasteiger partial charge in [-0.3, -0.25) is 4.79 Å². The predicted octanol–water partition coefficient (Wildman–Crippen LogP) is 1.96. The average Bonchev–Trinajstić information content (AvgIpc) is 2.29. The predicted molar refractivity (Wildman–Crippen MR) is 67.5 cm³/mol. The van der Waals surface area contributed by atoms with Gasteiger partial charge in [-0.05, 0) is 25.0 Å². The second kappa shape index (κ2) is 4.61. The largest absolute Gasteiger partial charge is 0.480 e. The van der Waals surface area contributed by atoms with Gasteiger partial charge >= 0.3 is 5.97 Å². The Balaban J connectivity index is 2.10. The number of carboxylic acid groups (broad SMARTS) is 1. The van der Waals surface area contributed by atoms with E-state index in [4.69, 9.17) is 16.7 Å².